The van der Waals surface area contributed by atoms with Gasteiger partial charge in [0, 0.05) is 12.1 Å². The molecule has 0 radical (unpaired) electrons. The number of fused-ring (bicyclic) bond motifs is 1. The van der Waals surface area contributed by atoms with Gasteiger partial charge in [-0.15, -0.1) is 0 Å². The van der Waals surface area contributed by atoms with Gasteiger partial charge in [-0.25, -0.2) is 9.37 Å². The van der Waals surface area contributed by atoms with Gasteiger partial charge in [-0.1, -0.05) is 18.7 Å². The first-order valence-electron chi connectivity index (χ1n) is 6.19. The molecule has 2 aromatic rings. The number of aromatic nitrogens is 2. The minimum absolute atomic E-state index is 0.0377. The first-order valence-corrected chi connectivity index (χ1v) is 8.25. The standard InChI is InChI=1S/C13H12FIN2O2S/c1-6-2-10(6)17-11-3-7(14)8(15)4-9(11)16-13(17)20-5-12(18)19/h3-4,6,10H,2,5H2,1H3,(H,18,19). The first kappa shape index (κ1) is 14.1. The second kappa shape index (κ2) is 5.18. The highest BCUT2D eigenvalue weighted by Gasteiger charge is 2.37. The van der Waals surface area contributed by atoms with Gasteiger partial charge in [-0.05, 0) is 41.0 Å². The van der Waals surface area contributed by atoms with Gasteiger partial charge in [-0.3, -0.25) is 4.79 Å². The Hall–Kier alpha value is -0.830. The van der Waals surface area contributed by atoms with Crippen molar-refractivity contribution in [3.63, 3.8) is 0 Å². The van der Waals surface area contributed by atoms with Gasteiger partial charge in [0.05, 0.1) is 20.4 Å². The molecule has 20 heavy (non-hydrogen) atoms. The van der Waals surface area contributed by atoms with E-state index in [9.17, 15) is 9.18 Å². The molecule has 0 spiro atoms. The molecule has 1 aliphatic rings. The maximum absolute atomic E-state index is 13.8. The van der Waals surface area contributed by atoms with Crippen LogP contribution in [0.15, 0.2) is 17.3 Å². The molecule has 0 bridgehead atoms. The van der Waals surface area contributed by atoms with Crippen LogP contribution in [0.3, 0.4) is 0 Å². The molecular formula is C13H12FIN2O2S. The van der Waals surface area contributed by atoms with Crippen molar-refractivity contribution in [1.29, 1.82) is 0 Å². The van der Waals surface area contributed by atoms with Crippen LogP contribution < -0.4 is 0 Å². The summed E-state index contributed by atoms with van der Waals surface area (Å²) >= 11 is 3.13. The maximum Gasteiger partial charge on any atom is 0.313 e. The lowest BCUT2D eigenvalue weighted by Gasteiger charge is -2.07. The molecule has 106 valence electrons. The molecule has 1 aromatic carbocycles. The number of aliphatic carboxylic acids is 1. The fourth-order valence-electron chi connectivity index (χ4n) is 2.28. The van der Waals surface area contributed by atoms with E-state index in [1.54, 1.807) is 6.07 Å². The Morgan fingerprint density at radius 3 is 2.95 bits per heavy atom. The summed E-state index contributed by atoms with van der Waals surface area (Å²) in [5.74, 6) is -0.649. The van der Waals surface area contributed by atoms with Crippen molar-refractivity contribution >= 4 is 51.4 Å². The molecule has 2 atom stereocenters. The Labute approximate surface area is 132 Å². The first-order chi connectivity index (χ1) is 9.47. The summed E-state index contributed by atoms with van der Waals surface area (Å²) in [4.78, 5) is 15.2. The summed E-state index contributed by atoms with van der Waals surface area (Å²) in [5.41, 5.74) is 1.48. The van der Waals surface area contributed by atoms with Crippen LogP contribution in [0, 0.1) is 15.3 Å². The van der Waals surface area contributed by atoms with E-state index in [1.165, 1.54) is 17.8 Å². The van der Waals surface area contributed by atoms with Crippen molar-refractivity contribution in [2.45, 2.75) is 24.5 Å². The lowest BCUT2D eigenvalue weighted by Crippen LogP contribution is -2.02. The normalized spacial score (nSPS) is 21.4. The molecule has 3 rings (SSSR count). The summed E-state index contributed by atoms with van der Waals surface area (Å²) in [6.07, 6.45) is 1.03. The topological polar surface area (TPSA) is 55.1 Å². The van der Waals surface area contributed by atoms with E-state index >= 15 is 0 Å². The van der Waals surface area contributed by atoms with Gasteiger partial charge in [0.1, 0.15) is 5.82 Å². The fourth-order valence-corrected chi connectivity index (χ4v) is 3.52. The van der Waals surface area contributed by atoms with E-state index in [-0.39, 0.29) is 11.6 Å². The van der Waals surface area contributed by atoms with Gasteiger partial charge in [-0.2, -0.15) is 0 Å². The van der Waals surface area contributed by atoms with E-state index in [4.69, 9.17) is 5.11 Å². The molecule has 0 aliphatic heterocycles. The molecule has 1 N–H and O–H groups in total. The number of halogens is 2. The van der Waals surface area contributed by atoms with Crippen molar-refractivity contribution in [2.24, 2.45) is 5.92 Å². The third-order valence-corrected chi connectivity index (χ3v) is 5.19. The summed E-state index contributed by atoms with van der Waals surface area (Å²) < 4.78 is 16.3. The summed E-state index contributed by atoms with van der Waals surface area (Å²) in [7, 11) is 0. The number of carboxylic acids is 1. The monoisotopic (exact) mass is 406 g/mol. The minimum atomic E-state index is -0.877. The van der Waals surface area contributed by atoms with Crippen molar-refractivity contribution in [3.05, 3.63) is 21.5 Å². The number of nitrogens with zero attached hydrogens (tertiary/aromatic N) is 2. The Kier molecular flexibility index (Phi) is 3.65. The van der Waals surface area contributed by atoms with Gasteiger partial charge < -0.3 is 9.67 Å². The average molecular weight is 406 g/mol. The Bertz CT molecular complexity index is 703. The second-order valence-corrected chi connectivity index (χ2v) is 7.09. The SMILES string of the molecule is CC1CC1n1c(SCC(=O)O)nc2cc(I)c(F)cc21. The van der Waals surface area contributed by atoms with Crippen LogP contribution in [0.25, 0.3) is 11.0 Å². The van der Waals surface area contributed by atoms with Gasteiger partial charge in [0.15, 0.2) is 5.16 Å². The number of imidazole rings is 1. The predicted molar refractivity (Wildman–Crippen MR) is 83.6 cm³/mol. The third-order valence-electron chi connectivity index (χ3n) is 3.42. The molecular weight excluding hydrogens is 394 g/mol. The highest BCUT2D eigenvalue weighted by Crippen LogP contribution is 2.46. The molecule has 1 aliphatic carbocycles. The Morgan fingerprint density at radius 2 is 2.35 bits per heavy atom. The zero-order valence-corrected chi connectivity index (χ0v) is 13.6. The van der Waals surface area contributed by atoms with Gasteiger partial charge in [0.2, 0.25) is 0 Å². The maximum atomic E-state index is 13.8. The zero-order valence-electron chi connectivity index (χ0n) is 10.6. The minimum Gasteiger partial charge on any atom is -0.481 e. The summed E-state index contributed by atoms with van der Waals surface area (Å²) in [5, 5.41) is 9.48. The van der Waals surface area contributed by atoms with E-state index < -0.39 is 5.97 Å². The average Bonchev–Trinajstić information content (AvgIpc) is 2.98. The molecule has 1 saturated carbocycles. The van der Waals surface area contributed by atoms with Crippen LogP contribution in [-0.4, -0.2) is 26.4 Å². The fraction of sp³-hybridized carbons (Fsp3) is 0.385. The number of hydrogen-bond donors (Lipinski definition) is 1. The Morgan fingerprint density at radius 1 is 1.65 bits per heavy atom. The molecule has 1 heterocycles. The van der Waals surface area contributed by atoms with Crippen LogP contribution in [0.4, 0.5) is 4.39 Å². The third kappa shape index (κ3) is 2.52. The van der Waals surface area contributed by atoms with E-state index in [2.05, 4.69) is 11.9 Å². The van der Waals surface area contributed by atoms with Crippen LogP contribution in [0.5, 0.6) is 0 Å². The molecule has 7 heteroatoms. The lowest BCUT2D eigenvalue weighted by molar-refractivity contribution is -0.133. The predicted octanol–water partition coefficient (Wildman–Crippen LogP) is 3.54. The Balaban J connectivity index is 2.10. The molecule has 1 fully saturated rings. The number of thioether (sulfide) groups is 1. The van der Waals surface area contributed by atoms with Crippen molar-refractivity contribution in [2.75, 3.05) is 5.75 Å². The number of carboxylic acid groups (broad SMARTS) is 1. The number of hydrogen-bond acceptors (Lipinski definition) is 3. The van der Waals surface area contributed by atoms with Crippen molar-refractivity contribution in [3.8, 4) is 0 Å². The largest absolute Gasteiger partial charge is 0.481 e. The molecule has 0 amide bonds. The molecule has 2 unspecified atom stereocenters. The highest BCUT2D eigenvalue weighted by atomic mass is 127. The van der Waals surface area contributed by atoms with E-state index in [0.717, 1.165) is 17.5 Å². The van der Waals surface area contributed by atoms with Crippen LogP contribution in [0.2, 0.25) is 0 Å². The smallest absolute Gasteiger partial charge is 0.313 e. The van der Waals surface area contributed by atoms with Crippen molar-refractivity contribution in [1.82, 2.24) is 9.55 Å². The molecule has 4 nitrogen and oxygen atoms in total. The van der Waals surface area contributed by atoms with Crippen LogP contribution in [0.1, 0.15) is 19.4 Å². The van der Waals surface area contributed by atoms with Gasteiger partial charge >= 0.3 is 5.97 Å². The number of carbonyl (C=O) groups is 1. The second-order valence-electron chi connectivity index (χ2n) is 4.98. The van der Waals surface area contributed by atoms with E-state index in [1.807, 2.05) is 27.2 Å². The van der Waals surface area contributed by atoms with Crippen molar-refractivity contribution < 1.29 is 14.3 Å². The molecule has 1 aromatic heterocycles. The van der Waals surface area contributed by atoms with Crippen LogP contribution in [-0.2, 0) is 4.79 Å². The lowest BCUT2D eigenvalue weighted by atomic mass is 10.3. The number of benzene rings is 1. The number of rotatable bonds is 4. The summed E-state index contributed by atoms with van der Waals surface area (Å²) in [6, 6.07) is 3.51. The molecule has 0 saturated heterocycles. The van der Waals surface area contributed by atoms with Crippen LogP contribution >= 0.6 is 34.4 Å². The van der Waals surface area contributed by atoms with E-state index in [0.29, 0.717) is 20.7 Å². The van der Waals surface area contributed by atoms with Gasteiger partial charge in [0.25, 0.3) is 0 Å². The summed E-state index contributed by atoms with van der Waals surface area (Å²) in [6.45, 7) is 2.13. The zero-order chi connectivity index (χ0) is 14.4. The highest BCUT2D eigenvalue weighted by molar-refractivity contribution is 14.1. The quantitative estimate of drug-likeness (QED) is 0.624.